The maximum absolute atomic E-state index is 12.6. The molecule has 0 atom stereocenters. The van der Waals surface area contributed by atoms with Crippen molar-refractivity contribution >= 4 is 11.7 Å². The summed E-state index contributed by atoms with van der Waals surface area (Å²) in [5.74, 6) is 0.998. The van der Waals surface area contributed by atoms with Crippen LogP contribution in [-0.4, -0.2) is 42.0 Å². The molecule has 0 aliphatic rings. The number of carbonyl (C=O) groups is 1. The van der Waals surface area contributed by atoms with Gasteiger partial charge in [-0.2, -0.15) is 0 Å². The molecule has 0 saturated heterocycles. The Hall–Kier alpha value is -1.58. The van der Waals surface area contributed by atoms with Crippen LogP contribution < -0.4 is 4.90 Å². The van der Waals surface area contributed by atoms with Gasteiger partial charge >= 0.3 is 0 Å². The Labute approximate surface area is 122 Å². The second kappa shape index (κ2) is 8.56. The average Bonchev–Trinajstić information content (AvgIpc) is 2.48. The smallest absolute Gasteiger partial charge is 0.254 e. The first-order valence-corrected chi connectivity index (χ1v) is 7.68. The van der Waals surface area contributed by atoms with E-state index >= 15 is 0 Å². The number of rotatable bonds is 8. The van der Waals surface area contributed by atoms with Gasteiger partial charge in [0.25, 0.3) is 5.91 Å². The standard InChI is InChI=1S/C16H27N3O/c1-5-11-19(12-6-2)16(20)14-9-10-17-15(13-14)18(7-3)8-4/h9-10,13H,5-8,11-12H2,1-4H3. The van der Waals surface area contributed by atoms with Crippen molar-refractivity contribution < 1.29 is 4.79 Å². The van der Waals surface area contributed by atoms with Gasteiger partial charge in [-0.15, -0.1) is 0 Å². The fourth-order valence-corrected chi connectivity index (χ4v) is 2.31. The maximum atomic E-state index is 12.6. The molecular formula is C16H27N3O. The van der Waals surface area contributed by atoms with Crippen LogP contribution in [0.4, 0.5) is 5.82 Å². The number of nitrogens with zero attached hydrogens (tertiary/aromatic N) is 3. The number of carbonyl (C=O) groups excluding carboxylic acids is 1. The largest absolute Gasteiger partial charge is 0.357 e. The van der Waals surface area contributed by atoms with Crippen molar-refractivity contribution in [1.82, 2.24) is 9.88 Å². The number of hydrogen-bond acceptors (Lipinski definition) is 3. The second-order valence-corrected chi connectivity index (χ2v) is 4.87. The lowest BCUT2D eigenvalue weighted by atomic mass is 10.2. The van der Waals surface area contributed by atoms with Crippen LogP contribution in [0.2, 0.25) is 0 Å². The zero-order valence-electron chi connectivity index (χ0n) is 13.2. The van der Waals surface area contributed by atoms with E-state index in [9.17, 15) is 4.79 Å². The lowest BCUT2D eigenvalue weighted by Crippen LogP contribution is -2.32. The monoisotopic (exact) mass is 277 g/mol. The van der Waals surface area contributed by atoms with Crippen LogP contribution in [0.25, 0.3) is 0 Å². The Bertz CT molecular complexity index is 410. The first-order chi connectivity index (χ1) is 9.67. The number of hydrogen-bond donors (Lipinski definition) is 0. The van der Waals surface area contributed by atoms with Gasteiger partial charge < -0.3 is 9.80 Å². The normalized spacial score (nSPS) is 10.4. The van der Waals surface area contributed by atoms with Gasteiger partial charge in [0, 0.05) is 37.9 Å². The van der Waals surface area contributed by atoms with E-state index in [0.717, 1.165) is 50.4 Å². The van der Waals surface area contributed by atoms with E-state index in [1.807, 2.05) is 17.0 Å². The van der Waals surface area contributed by atoms with Crippen LogP contribution in [0.5, 0.6) is 0 Å². The molecule has 112 valence electrons. The Kier molecular flexibility index (Phi) is 7.05. The molecule has 0 saturated carbocycles. The molecule has 4 heteroatoms. The fraction of sp³-hybridized carbons (Fsp3) is 0.625. The van der Waals surface area contributed by atoms with Crippen LogP contribution in [0.1, 0.15) is 50.9 Å². The lowest BCUT2D eigenvalue weighted by molar-refractivity contribution is 0.0755. The number of amides is 1. The van der Waals surface area contributed by atoms with Crippen molar-refractivity contribution in [3.05, 3.63) is 23.9 Å². The van der Waals surface area contributed by atoms with Gasteiger partial charge in [-0.3, -0.25) is 4.79 Å². The molecule has 0 spiro atoms. The summed E-state index contributed by atoms with van der Waals surface area (Å²) in [5.41, 5.74) is 0.740. The number of aromatic nitrogens is 1. The van der Waals surface area contributed by atoms with Crippen LogP contribution in [0.15, 0.2) is 18.3 Å². The van der Waals surface area contributed by atoms with Crippen molar-refractivity contribution in [3.8, 4) is 0 Å². The summed E-state index contributed by atoms with van der Waals surface area (Å²) in [6.45, 7) is 11.8. The van der Waals surface area contributed by atoms with Crippen LogP contribution in [0.3, 0.4) is 0 Å². The van der Waals surface area contributed by atoms with Gasteiger partial charge in [-0.25, -0.2) is 4.98 Å². The molecule has 1 heterocycles. The quantitative estimate of drug-likeness (QED) is 0.732. The minimum Gasteiger partial charge on any atom is -0.357 e. The molecule has 1 rings (SSSR count). The average molecular weight is 277 g/mol. The summed E-state index contributed by atoms with van der Waals surface area (Å²) >= 11 is 0. The van der Waals surface area contributed by atoms with Crippen LogP contribution >= 0.6 is 0 Å². The van der Waals surface area contributed by atoms with E-state index in [4.69, 9.17) is 0 Å². The molecule has 0 unspecified atom stereocenters. The molecule has 1 aromatic rings. The Morgan fingerprint density at radius 3 is 2.20 bits per heavy atom. The summed E-state index contributed by atoms with van der Waals surface area (Å²) < 4.78 is 0. The van der Waals surface area contributed by atoms with Crippen molar-refractivity contribution in [1.29, 1.82) is 0 Å². The van der Waals surface area contributed by atoms with Gasteiger partial charge in [0.1, 0.15) is 5.82 Å². The Morgan fingerprint density at radius 1 is 1.10 bits per heavy atom. The van der Waals surface area contributed by atoms with Crippen molar-refractivity contribution in [2.75, 3.05) is 31.1 Å². The molecular weight excluding hydrogens is 250 g/mol. The number of pyridine rings is 1. The topological polar surface area (TPSA) is 36.4 Å². The van der Waals surface area contributed by atoms with E-state index < -0.39 is 0 Å². The van der Waals surface area contributed by atoms with Gasteiger partial charge in [0.2, 0.25) is 0 Å². The molecule has 0 aromatic carbocycles. The molecule has 0 N–H and O–H groups in total. The van der Waals surface area contributed by atoms with E-state index in [-0.39, 0.29) is 5.91 Å². The number of anilines is 1. The molecule has 0 aliphatic carbocycles. The summed E-state index contributed by atoms with van der Waals surface area (Å²) in [6.07, 6.45) is 3.70. The third-order valence-corrected chi connectivity index (χ3v) is 3.35. The summed E-state index contributed by atoms with van der Waals surface area (Å²) in [4.78, 5) is 21.0. The fourth-order valence-electron chi connectivity index (χ4n) is 2.31. The molecule has 0 aliphatic heterocycles. The lowest BCUT2D eigenvalue weighted by Gasteiger charge is -2.23. The molecule has 0 bridgehead atoms. The van der Waals surface area contributed by atoms with Gasteiger partial charge in [0.15, 0.2) is 0 Å². The first-order valence-electron chi connectivity index (χ1n) is 7.68. The molecule has 0 radical (unpaired) electrons. The zero-order chi connectivity index (χ0) is 15.0. The van der Waals surface area contributed by atoms with Gasteiger partial charge in [-0.05, 0) is 38.8 Å². The van der Waals surface area contributed by atoms with Crippen LogP contribution in [0, 0.1) is 0 Å². The predicted octanol–water partition coefficient (Wildman–Crippen LogP) is 3.19. The van der Waals surface area contributed by atoms with E-state index in [1.165, 1.54) is 0 Å². The minimum absolute atomic E-state index is 0.115. The van der Waals surface area contributed by atoms with E-state index in [1.54, 1.807) is 6.20 Å². The first kappa shape index (κ1) is 16.5. The minimum atomic E-state index is 0.115. The predicted molar refractivity (Wildman–Crippen MR) is 84.3 cm³/mol. The highest BCUT2D eigenvalue weighted by Crippen LogP contribution is 2.14. The Balaban J connectivity index is 2.94. The van der Waals surface area contributed by atoms with E-state index in [0.29, 0.717) is 0 Å². The summed E-state index contributed by atoms with van der Waals surface area (Å²) in [6, 6.07) is 3.72. The third kappa shape index (κ3) is 4.22. The zero-order valence-corrected chi connectivity index (χ0v) is 13.2. The molecule has 1 amide bonds. The maximum Gasteiger partial charge on any atom is 0.254 e. The highest BCUT2D eigenvalue weighted by molar-refractivity contribution is 5.94. The summed E-state index contributed by atoms with van der Waals surface area (Å²) in [5, 5.41) is 0. The highest BCUT2D eigenvalue weighted by atomic mass is 16.2. The molecule has 4 nitrogen and oxygen atoms in total. The Morgan fingerprint density at radius 2 is 1.70 bits per heavy atom. The van der Waals surface area contributed by atoms with Crippen molar-refractivity contribution in [2.24, 2.45) is 0 Å². The molecule has 20 heavy (non-hydrogen) atoms. The molecule has 0 fully saturated rings. The van der Waals surface area contributed by atoms with Gasteiger partial charge in [0.05, 0.1) is 0 Å². The SMILES string of the molecule is CCCN(CCC)C(=O)c1ccnc(N(CC)CC)c1. The second-order valence-electron chi connectivity index (χ2n) is 4.87. The summed E-state index contributed by atoms with van der Waals surface area (Å²) in [7, 11) is 0. The van der Waals surface area contributed by atoms with E-state index in [2.05, 4.69) is 37.6 Å². The van der Waals surface area contributed by atoms with Crippen molar-refractivity contribution in [2.45, 2.75) is 40.5 Å². The van der Waals surface area contributed by atoms with Gasteiger partial charge in [-0.1, -0.05) is 13.8 Å². The third-order valence-electron chi connectivity index (χ3n) is 3.35. The van der Waals surface area contributed by atoms with Crippen molar-refractivity contribution in [3.63, 3.8) is 0 Å². The van der Waals surface area contributed by atoms with Crippen LogP contribution in [-0.2, 0) is 0 Å². The molecule has 1 aromatic heterocycles. The highest BCUT2D eigenvalue weighted by Gasteiger charge is 2.15.